The summed E-state index contributed by atoms with van der Waals surface area (Å²) in [5.41, 5.74) is 2.72. The van der Waals surface area contributed by atoms with Gasteiger partial charge in [-0.3, -0.25) is 4.79 Å². The lowest BCUT2D eigenvalue weighted by molar-refractivity contribution is 0.102. The van der Waals surface area contributed by atoms with Crippen molar-refractivity contribution in [3.8, 4) is 5.75 Å². The van der Waals surface area contributed by atoms with Crippen LogP contribution in [-0.4, -0.2) is 16.0 Å². The third-order valence-electron chi connectivity index (χ3n) is 2.68. The van der Waals surface area contributed by atoms with Crippen molar-refractivity contribution < 1.29 is 9.90 Å². The molecule has 0 aliphatic heterocycles. The Bertz CT molecular complexity index is 605. The van der Waals surface area contributed by atoms with Crippen molar-refractivity contribution in [1.82, 2.24) is 4.98 Å². The smallest absolute Gasteiger partial charge is 0.272 e. The van der Waals surface area contributed by atoms with Crippen LogP contribution in [0.5, 0.6) is 5.75 Å². The monoisotopic (exact) mass is 308 g/mol. The first-order chi connectivity index (χ1) is 8.47. The molecule has 0 unspecified atom stereocenters. The van der Waals surface area contributed by atoms with Crippen molar-refractivity contribution in [2.75, 3.05) is 5.32 Å². The van der Waals surface area contributed by atoms with Crippen molar-refractivity contribution in [3.05, 3.63) is 45.7 Å². The zero-order chi connectivity index (χ0) is 13.3. The Morgan fingerprint density at radius 3 is 2.61 bits per heavy atom. The van der Waals surface area contributed by atoms with E-state index in [4.69, 9.17) is 0 Å². The second kappa shape index (κ2) is 4.86. The van der Waals surface area contributed by atoms with E-state index < -0.39 is 0 Å². The highest BCUT2D eigenvalue weighted by Gasteiger charge is 2.11. The summed E-state index contributed by atoms with van der Waals surface area (Å²) >= 11 is 3.28. The number of H-pyrrole nitrogens is 1. The van der Waals surface area contributed by atoms with Crippen molar-refractivity contribution in [2.24, 2.45) is 0 Å². The molecule has 0 radical (unpaired) electrons. The Balaban J connectivity index is 2.24. The van der Waals surface area contributed by atoms with Gasteiger partial charge in [0.1, 0.15) is 11.4 Å². The van der Waals surface area contributed by atoms with Crippen molar-refractivity contribution in [1.29, 1.82) is 0 Å². The van der Waals surface area contributed by atoms with Crippen LogP contribution in [0.4, 0.5) is 5.69 Å². The molecule has 2 rings (SSSR count). The van der Waals surface area contributed by atoms with Crippen LogP contribution in [0.2, 0.25) is 0 Å². The number of halogens is 1. The lowest BCUT2D eigenvalue weighted by atomic mass is 10.1. The van der Waals surface area contributed by atoms with Crippen LogP contribution in [-0.2, 0) is 0 Å². The van der Waals surface area contributed by atoms with Crippen LogP contribution in [0, 0.1) is 13.8 Å². The number of aryl methyl sites for hydroxylation is 2. The molecule has 4 nitrogen and oxygen atoms in total. The van der Waals surface area contributed by atoms with Crippen LogP contribution < -0.4 is 5.32 Å². The van der Waals surface area contributed by atoms with Gasteiger partial charge in [0.05, 0.1) is 0 Å². The number of phenols is 1. The minimum atomic E-state index is -0.214. The molecule has 1 aromatic heterocycles. The average molecular weight is 309 g/mol. The first-order valence-corrected chi connectivity index (χ1v) is 6.22. The van der Waals surface area contributed by atoms with Crippen molar-refractivity contribution in [3.63, 3.8) is 0 Å². The topological polar surface area (TPSA) is 65.1 Å². The van der Waals surface area contributed by atoms with Gasteiger partial charge in [-0.05, 0) is 59.1 Å². The SMILES string of the molecule is Cc1cc(NC(=O)c2cc(Br)c[nH]2)c(C)cc1O. The molecular weight excluding hydrogens is 296 g/mol. The van der Waals surface area contributed by atoms with Crippen LogP contribution in [0.25, 0.3) is 0 Å². The number of aromatic amines is 1. The molecule has 5 heteroatoms. The number of phenolic OH excluding ortho intramolecular Hbond substituents is 1. The Morgan fingerprint density at radius 1 is 1.28 bits per heavy atom. The predicted octanol–water partition coefficient (Wildman–Crippen LogP) is 3.35. The summed E-state index contributed by atoms with van der Waals surface area (Å²) in [6.45, 7) is 3.62. The van der Waals surface area contributed by atoms with Crippen molar-refractivity contribution in [2.45, 2.75) is 13.8 Å². The van der Waals surface area contributed by atoms with Gasteiger partial charge in [0.2, 0.25) is 0 Å². The van der Waals surface area contributed by atoms with E-state index in [1.807, 2.05) is 6.92 Å². The zero-order valence-electron chi connectivity index (χ0n) is 10.0. The summed E-state index contributed by atoms with van der Waals surface area (Å²) in [5, 5.41) is 12.4. The minimum absolute atomic E-state index is 0.214. The van der Waals surface area contributed by atoms with E-state index in [9.17, 15) is 9.90 Å². The highest BCUT2D eigenvalue weighted by atomic mass is 79.9. The van der Waals surface area contributed by atoms with Gasteiger partial charge in [-0.25, -0.2) is 0 Å². The fourth-order valence-electron chi connectivity index (χ4n) is 1.62. The average Bonchev–Trinajstić information content (AvgIpc) is 2.73. The van der Waals surface area contributed by atoms with Gasteiger partial charge < -0.3 is 15.4 Å². The maximum atomic E-state index is 12.0. The highest BCUT2D eigenvalue weighted by molar-refractivity contribution is 9.10. The molecule has 0 bridgehead atoms. The number of benzene rings is 1. The molecule has 1 amide bonds. The predicted molar refractivity (Wildman–Crippen MR) is 74.0 cm³/mol. The Morgan fingerprint density at radius 2 is 2.00 bits per heavy atom. The van der Waals surface area contributed by atoms with Crippen LogP contribution in [0.3, 0.4) is 0 Å². The number of aromatic hydroxyl groups is 1. The molecule has 18 heavy (non-hydrogen) atoms. The Labute approximate surface area is 113 Å². The molecule has 3 N–H and O–H groups in total. The molecule has 0 aliphatic rings. The largest absolute Gasteiger partial charge is 0.508 e. The fourth-order valence-corrected chi connectivity index (χ4v) is 1.97. The van der Waals surface area contributed by atoms with Gasteiger partial charge in [0, 0.05) is 16.4 Å². The van der Waals surface area contributed by atoms with Gasteiger partial charge in [-0.1, -0.05) is 0 Å². The summed E-state index contributed by atoms with van der Waals surface area (Å²) in [6, 6.07) is 5.09. The number of rotatable bonds is 2. The number of carbonyl (C=O) groups is 1. The third kappa shape index (κ3) is 2.56. The van der Waals surface area contributed by atoms with Gasteiger partial charge in [-0.2, -0.15) is 0 Å². The van der Waals surface area contributed by atoms with Crippen LogP contribution in [0.15, 0.2) is 28.9 Å². The lowest BCUT2D eigenvalue weighted by Gasteiger charge is -2.09. The van der Waals surface area contributed by atoms with Crippen molar-refractivity contribution >= 4 is 27.5 Å². The quantitative estimate of drug-likeness (QED) is 0.745. The summed E-state index contributed by atoms with van der Waals surface area (Å²) in [4.78, 5) is 14.8. The maximum Gasteiger partial charge on any atom is 0.272 e. The van der Waals surface area contributed by atoms with Gasteiger partial charge in [0.15, 0.2) is 0 Å². The molecule has 0 fully saturated rings. The summed E-state index contributed by atoms with van der Waals surface area (Å²) < 4.78 is 0.825. The first kappa shape index (κ1) is 12.7. The number of nitrogens with one attached hydrogen (secondary N) is 2. The molecule has 94 valence electrons. The number of aromatic nitrogens is 1. The summed E-state index contributed by atoms with van der Waals surface area (Å²) in [6.07, 6.45) is 1.70. The molecule has 0 atom stereocenters. The van der Waals surface area contributed by atoms with Gasteiger partial charge >= 0.3 is 0 Å². The Hall–Kier alpha value is -1.75. The summed E-state index contributed by atoms with van der Waals surface area (Å²) in [5.74, 6) is 0.0157. The number of carbonyl (C=O) groups excluding carboxylic acids is 1. The van der Waals surface area contributed by atoms with E-state index in [2.05, 4.69) is 26.2 Å². The molecule has 1 aromatic carbocycles. The van der Waals surface area contributed by atoms with E-state index in [-0.39, 0.29) is 11.7 Å². The molecule has 1 heterocycles. The zero-order valence-corrected chi connectivity index (χ0v) is 11.6. The number of amides is 1. The summed E-state index contributed by atoms with van der Waals surface area (Å²) in [7, 11) is 0. The first-order valence-electron chi connectivity index (χ1n) is 5.43. The normalized spacial score (nSPS) is 10.4. The molecule has 0 saturated carbocycles. The maximum absolute atomic E-state index is 12.0. The highest BCUT2D eigenvalue weighted by Crippen LogP contribution is 2.25. The van der Waals surface area contributed by atoms with E-state index >= 15 is 0 Å². The molecular formula is C13H13BrN2O2. The van der Waals surface area contributed by atoms with Gasteiger partial charge in [-0.15, -0.1) is 0 Å². The fraction of sp³-hybridized carbons (Fsp3) is 0.154. The second-order valence-electron chi connectivity index (χ2n) is 4.14. The second-order valence-corrected chi connectivity index (χ2v) is 5.05. The van der Waals surface area contributed by atoms with Gasteiger partial charge in [0.25, 0.3) is 5.91 Å². The standard InChI is InChI=1S/C13H13BrN2O2/c1-7-4-12(17)8(2)3-10(7)16-13(18)11-5-9(14)6-15-11/h3-6,15,17H,1-2H3,(H,16,18). The lowest BCUT2D eigenvalue weighted by Crippen LogP contribution is -2.13. The number of anilines is 1. The van der Waals surface area contributed by atoms with E-state index in [0.717, 1.165) is 15.6 Å². The van der Waals surface area contributed by atoms with E-state index in [1.54, 1.807) is 31.3 Å². The molecule has 2 aromatic rings. The van der Waals surface area contributed by atoms with E-state index in [1.165, 1.54) is 0 Å². The van der Waals surface area contributed by atoms with E-state index in [0.29, 0.717) is 11.4 Å². The molecule has 0 saturated heterocycles. The van der Waals surface area contributed by atoms with Crippen LogP contribution in [0.1, 0.15) is 21.6 Å². The number of hydrogen-bond donors (Lipinski definition) is 3. The third-order valence-corrected chi connectivity index (χ3v) is 3.14. The molecule has 0 spiro atoms. The minimum Gasteiger partial charge on any atom is -0.508 e. The molecule has 0 aliphatic carbocycles. The Kier molecular flexibility index (Phi) is 3.43. The van der Waals surface area contributed by atoms with Crippen LogP contribution >= 0.6 is 15.9 Å². The number of hydrogen-bond acceptors (Lipinski definition) is 2.